The fourth-order valence-corrected chi connectivity index (χ4v) is 4.10. The van der Waals surface area contributed by atoms with E-state index >= 15 is 0 Å². The van der Waals surface area contributed by atoms with Crippen LogP contribution in [0.2, 0.25) is 5.02 Å². The maximum Gasteiger partial charge on any atom is 0.326 e. The molecule has 0 atom stereocenters. The van der Waals surface area contributed by atoms with E-state index in [0.717, 1.165) is 11.8 Å². The van der Waals surface area contributed by atoms with E-state index in [0.29, 0.717) is 26.8 Å². The monoisotopic (exact) mass is 471 g/mol. The second kappa shape index (κ2) is 11.0. The molecule has 0 saturated heterocycles. The second-order valence-electron chi connectivity index (χ2n) is 6.67. The van der Waals surface area contributed by atoms with Gasteiger partial charge >= 0.3 is 5.97 Å². The molecule has 0 aliphatic heterocycles. The summed E-state index contributed by atoms with van der Waals surface area (Å²) in [7, 11) is 0. The number of halogens is 1. The minimum absolute atomic E-state index is 0.0377. The Morgan fingerprint density at radius 3 is 2.69 bits per heavy atom. The zero-order valence-electron chi connectivity index (χ0n) is 17.5. The molecule has 0 radical (unpaired) electrons. The first kappa shape index (κ1) is 23.6. The van der Waals surface area contributed by atoms with Crippen molar-refractivity contribution in [2.45, 2.75) is 18.6 Å². The van der Waals surface area contributed by atoms with Crippen molar-refractivity contribution in [2.75, 3.05) is 23.8 Å². The van der Waals surface area contributed by atoms with E-state index in [1.54, 1.807) is 55.5 Å². The molecule has 1 amide bonds. The van der Waals surface area contributed by atoms with E-state index in [1.807, 2.05) is 6.07 Å². The zero-order valence-corrected chi connectivity index (χ0v) is 19.1. The van der Waals surface area contributed by atoms with Crippen LogP contribution in [0.4, 0.5) is 5.69 Å². The molecule has 0 saturated carbocycles. The zero-order chi connectivity index (χ0) is 23.1. The minimum Gasteiger partial charge on any atom is -0.465 e. The van der Waals surface area contributed by atoms with Crippen LogP contribution >= 0.6 is 23.4 Å². The smallest absolute Gasteiger partial charge is 0.326 e. The Morgan fingerprint density at radius 2 is 2.00 bits per heavy atom. The predicted octanol–water partition coefficient (Wildman–Crippen LogP) is 3.92. The van der Waals surface area contributed by atoms with Crippen molar-refractivity contribution in [1.29, 1.82) is 0 Å². The molecule has 0 unspecified atom stereocenters. The number of anilines is 1. The van der Waals surface area contributed by atoms with Gasteiger partial charge in [0.05, 0.1) is 23.3 Å². The highest BCUT2D eigenvalue weighted by Gasteiger charge is 2.21. The SMILES string of the molecule is C=CCn1c(SCC(=O)N(CC(=O)OCC)c2ccccc2)nc2cc(Cl)ccc2c1=O. The van der Waals surface area contributed by atoms with Gasteiger partial charge in [-0.2, -0.15) is 0 Å². The average molecular weight is 472 g/mol. The number of hydrogen-bond donors (Lipinski definition) is 0. The molecule has 32 heavy (non-hydrogen) atoms. The fraction of sp³-hybridized carbons (Fsp3) is 0.217. The molecule has 0 spiro atoms. The van der Waals surface area contributed by atoms with E-state index in [2.05, 4.69) is 11.6 Å². The summed E-state index contributed by atoms with van der Waals surface area (Å²) in [4.78, 5) is 44.0. The average Bonchev–Trinajstić information content (AvgIpc) is 2.78. The minimum atomic E-state index is -0.503. The first-order chi connectivity index (χ1) is 15.4. The molecular formula is C23H22ClN3O4S. The Morgan fingerprint density at radius 1 is 1.25 bits per heavy atom. The number of carbonyl (C=O) groups is 2. The quantitative estimate of drug-likeness (QED) is 0.203. The normalized spacial score (nSPS) is 10.7. The second-order valence-corrected chi connectivity index (χ2v) is 8.05. The van der Waals surface area contributed by atoms with E-state index in [9.17, 15) is 14.4 Å². The lowest BCUT2D eigenvalue weighted by Crippen LogP contribution is -2.38. The third-order valence-electron chi connectivity index (χ3n) is 4.48. The number of para-hydroxylation sites is 1. The number of thioether (sulfide) groups is 1. The van der Waals surface area contributed by atoms with Crippen LogP contribution in [0, 0.1) is 0 Å². The molecule has 1 heterocycles. The van der Waals surface area contributed by atoms with Gasteiger partial charge in [-0.3, -0.25) is 19.0 Å². The van der Waals surface area contributed by atoms with Gasteiger partial charge in [0.1, 0.15) is 6.54 Å². The van der Waals surface area contributed by atoms with Crippen molar-refractivity contribution in [1.82, 2.24) is 9.55 Å². The molecule has 0 aliphatic rings. The van der Waals surface area contributed by atoms with Gasteiger partial charge in [0.15, 0.2) is 5.16 Å². The van der Waals surface area contributed by atoms with Gasteiger partial charge in [-0.15, -0.1) is 6.58 Å². The lowest BCUT2D eigenvalue weighted by molar-refractivity contribution is -0.142. The Kier molecular flexibility index (Phi) is 8.08. The number of hydrogen-bond acceptors (Lipinski definition) is 6. The molecule has 1 aromatic heterocycles. The fourth-order valence-electron chi connectivity index (χ4n) is 3.05. The lowest BCUT2D eigenvalue weighted by Gasteiger charge is -2.22. The van der Waals surface area contributed by atoms with Crippen LogP contribution in [0.3, 0.4) is 0 Å². The van der Waals surface area contributed by atoms with Crippen LogP contribution in [-0.4, -0.2) is 40.3 Å². The molecule has 3 rings (SSSR count). The highest BCUT2D eigenvalue weighted by atomic mass is 35.5. The van der Waals surface area contributed by atoms with Gasteiger partial charge in [0.25, 0.3) is 5.56 Å². The Balaban J connectivity index is 1.89. The van der Waals surface area contributed by atoms with Gasteiger partial charge in [-0.25, -0.2) is 4.98 Å². The molecule has 0 bridgehead atoms. The van der Waals surface area contributed by atoms with Crippen molar-refractivity contribution < 1.29 is 14.3 Å². The van der Waals surface area contributed by atoms with Gasteiger partial charge in [0.2, 0.25) is 5.91 Å². The number of amides is 1. The number of ether oxygens (including phenoxy) is 1. The molecule has 0 N–H and O–H groups in total. The highest BCUT2D eigenvalue weighted by Crippen LogP contribution is 2.22. The van der Waals surface area contributed by atoms with Crippen molar-refractivity contribution in [2.24, 2.45) is 0 Å². The van der Waals surface area contributed by atoms with Crippen LogP contribution in [0.5, 0.6) is 0 Å². The van der Waals surface area contributed by atoms with Gasteiger partial charge < -0.3 is 9.64 Å². The molecule has 166 valence electrons. The standard InChI is InChI=1S/C23H22ClN3O4S/c1-3-12-26-22(30)18-11-10-16(24)13-19(18)25-23(26)32-15-20(28)27(14-21(29)31-4-2)17-8-6-5-7-9-17/h3,5-11,13H,1,4,12,14-15H2,2H3. The lowest BCUT2D eigenvalue weighted by atomic mass is 10.2. The molecule has 0 aliphatic carbocycles. The Labute approximate surface area is 194 Å². The number of nitrogens with zero attached hydrogens (tertiary/aromatic N) is 3. The summed E-state index contributed by atoms with van der Waals surface area (Å²) in [5.74, 6) is -0.860. The highest BCUT2D eigenvalue weighted by molar-refractivity contribution is 7.99. The maximum atomic E-state index is 13.1. The summed E-state index contributed by atoms with van der Waals surface area (Å²) >= 11 is 7.17. The summed E-state index contributed by atoms with van der Waals surface area (Å²) in [6.45, 7) is 5.66. The molecule has 7 nitrogen and oxygen atoms in total. The van der Waals surface area contributed by atoms with Crippen LogP contribution in [0.1, 0.15) is 6.92 Å². The van der Waals surface area contributed by atoms with Crippen LogP contribution < -0.4 is 10.5 Å². The first-order valence-electron chi connectivity index (χ1n) is 9.89. The van der Waals surface area contributed by atoms with Crippen LogP contribution in [0.15, 0.2) is 71.1 Å². The number of esters is 1. The number of fused-ring (bicyclic) bond motifs is 1. The van der Waals surface area contributed by atoms with Crippen molar-refractivity contribution in [3.05, 3.63) is 76.6 Å². The molecule has 2 aromatic carbocycles. The number of carbonyl (C=O) groups excluding carboxylic acids is 2. The number of aromatic nitrogens is 2. The third kappa shape index (κ3) is 5.57. The van der Waals surface area contributed by atoms with Crippen molar-refractivity contribution in [3.63, 3.8) is 0 Å². The van der Waals surface area contributed by atoms with Gasteiger partial charge in [-0.05, 0) is 37.3 Å². The maximum absolute atomic E-state index is 13.1. The largest absolute Gasteiger partial charge is 0.465 e. The summed E-state index contributed by atoms with van der Waals surface area (Å²) in [6.07, 6.45) is 1.59. The summed E-state index contributed by atoms with van der Waals surface area (Å²) in [5, 5.41) is 1.25. The summed E-state index contributed by atoms with van der Waals surface area (Å²) in [6, 6.07) is 13.7. The molecule has 0 fully saturated rings. The Bertz CT molecular complexity index is 1200. The molecular weight excluding hydrogens is 450 g/mol. The number of rotatable bonds is 9. The van der Waals surface area contributed by atoms with E-state index in [-0.39, 0.29) is 36.9 Å². The Hall–Kier alpha value is -3.10. The topological polar surface area (TPSA) is 81.5 Å². The molecule has 3 aromatic rings. The molecule has 9 heteroatoms. The van der Waals surface area contributed by atoms with Crippen molar-refractivity contribution in [3.8, 4) is 0 Å². The summed E-state index contributed by atoms with van der Waals surface area (Å²) in [5.41, 5.74) is 0.782. The van der Waals surface area contributed by atoms with E-state index in [1.165, 1.54) is 9.47 Å². The van der Waals surface area contributed by atoms with Crippen LogP contribution in [-0.2, 0) is 20.9 Å². The predicted molar refractivity (Wildman–Crippen MR) is 127 cm³/mol. The van der Waals surface area contributed by atoms with E-state index < -0.39 is 5.97 Å². The van der Waals surface area contributed by atoms with Crippen LogP contribution in [0.25, 0.3) is 10.9 Å². The van der Waals surface area contributed by atoms with Gasteiger partial charge in [0, 0.05) is 17.3 Å². The number of allylic oxidation sites excluding steroid dienone is 1. The number of benzene rings is 2. The summed E-state index contributed by atoms with van der Waals surface area (Å²) < 4.78 is 6.47. The van der Waals surface area contributed by atoms with Crippen molar-refractivity contribution >= 4 is 51.8 Å². The van der Waals surface area contributed by atoms with Gasteiger partial charge in [-0.1, -0.05) is 47.6 Å². The first-order valence-corrected chi connectivity index (χ1v) is 11.3. The van der Waals surface area contributed by atoms with E-state index in [4.69, 9.17) is 16.3 Å². The third-order valence-corrected chi connectivity index (χ3v) is 5.68.